The van der Waals surface area contributed by atoms with Crippen LogP contribution in [-0.4, -0.2) is 10.9 Å². The molecule has 1 atom stereocenters. The fraction of sp³-hybridized carbons (Fsp3) is 1.00. The van der Waals surface area contributed by atoms with Crippen LogP contribution in [0.25, 0.3) is 0 Å². The Kier molecular flexibility index (Phi) is 4.79. The van der Waals surface area contributed by atoms with Crippen molar-refractivity contribution in [1.82, 2.24) is 0 Å². The van der Waals surface area contributed by atoms with Gasteiger partial charge in [0.2, 0.25) is 0 Å². The molecule has 0 bridgehead atoms. The molecule has 0 fully saturated rings. The molecule has 0 amide bonds. The van der Waals surface area contributed by atoms with Gasteiger partial charge in [-0.15, -0.1) is 0 Å². The van der Waals surface area contributed by atoms with Crippen molar-refractivity contribution in [2.24, 2.45) is 0 Å². The lowest BCUT2D eigenvalue weighted by molar-refractivity contribution is -0.120. The minimum absolute atomic E-state index is 0.460. The summed E-state index contributed by atoms with van der Waals surface area (Å²) < 4.78 is 14.4. The van der Waals surface area contributed by atoms with Crippen LogP contribution >= 0.6 is 8.69 Å². The molecule has 0 aromatic rings. The third-order valence-electron chi connectivity index (χ3n) is 1.23. The molecule has 0 aromatic heterocycles. The largest absolute Gasteiger partial charge is 0.365 e. The van der Waals surface area contributed by atoms with Gasteiger partial charge in [0.1, 0.15) is 0 Å². The van der Waals surface area contributed by atoms with Crippen LogP contribution in [0.1, 0.15) is 33.1 Å². The van der Waals surface area contributed by atoms with Crippen molar-refractivity contribution in [1.29, 1.82) is 0 Å². The Morgan fingerprint density at radius 1 is 1.70 bits per heavy atom. The lowest BCUT2D eigenvalue weighted by Gasteiger charge is -2.17. The van der Waals surface area contributed by atoms with E-state index in [0.717, 1.165) is 12.8 Å². The summed E-state index contributed by atoms with van der Waals surface area (Å²) in [6.45, 7) is 3.53. The molecule has 3 nitrogen and oxygen atoms in total. The number of hydrogen-bond acceptors (Lipinski definition) is 3. The molecule has 0 aromatic carbocycles. The molecular formula is C6H13O3P. The lowest BCUT2D eigenvalue weighted by atomic mass is 10.1. The fourth-order valence-electron chi connectivity index (χ4n) is 0.631. The average molecular weight is 164 g/mol. The standard InChI is InChI=1S/C6H13O3P/c1-3-4-5-6(2,7)9-10-8/h7H,3-5H2,1-2H3. The Labute approximate surface area is 62.7 Å². The van der Waals surface area contributed by atoms with Gasteiger partial charge in [-0.1, -0.05) is 13.3 Å². The van der Waals surface area contributed by atoms with Crippen molar-refractivity contribution < 1.29 is 14.2 Å². The number of aliphatic hydroxyl groups is 1. The van der Waals surface area contributed by atoms with Gasteiger partial charge in [-0.25, -0.2) is 4.57 Å². The smallest absolute Gasteiger partial charge is 0.330 e. The fourth-order valence-corrected chi connectivity index (χ4v) is 0.883. The van der Waals surface area contributed by atoms with Crippen molar-refractivity contribution in [3.05, 3.63) is 0 Å². The molecule has 0 aliphatic heterocycles. The first-order valence-corrected chi connectivity index (χ1v) is 4.08. The third-order valence-corrected chi connectivity index (χ3v) is 1.70. The van der Waals surface area contributed by atoms with E-state index in [1.807, 2.05) is 6.92 Å². The van der Waals surface area contributed by atoms with Crippen LogP contribution < -0.4 is 0 Å². The molecule has 0 aliphatic carbocycles. The summed E-state index contributed by atoms with van der Waals surface area (Å²) in [5.74, 6) is -1.22. The minimum Gasteiger partial charge on any atom is -0.365 e. The second-order valence-corrected chi connectivity index (χ2v) is 2.78. The van der Waals surface area contributed by atoms with Crippen LogP contribution in [0.15, 0.2) is 0 Å². The van der Waals surface area contributed by atoms with E-state index in [1.165, 1.54) is 6.92 Å². The molecule has 0 radical (unpaired) electrons. The number of hydrogen-bond donors (Lipinski definition) is 1. The zero-order chi connectivity index (χ0) is 8.04. The Balaban J connectivity index is 3.51. The van der Waals surface area contributed by atoms with Crippen LogP contribution in [0.5, 0.6) is 0 Å². The van der Waals surface area contributed by atoms with E-state index in [0.29, 0.717) is 6.42 Å². The van der Waals surface area contributed by atoms with E-state index in [9.17, 15) is 9.67 Å². The van der Waals surface area contributed by atoms with Crippen LogP contribution in [0, 0.1) is 0 Å². The zero-order valence-corrected chi connectivity index (χ0v) is 7.23. The molecule has 60 valence electrons. The Hall–Kier alpha value is 0.0200. The van der Waals surface area contributed by atoms with Gasteiger partial charge in [0, 0.05) is 6.42 Å². The molecule has 10 heavy (non-hydrogen) atoms. The van der Waals surface area contributed by atoms with Gasteiger partial charge < -0.3 is 5.11 Å². The highest BCUT2D eigenvalue weighted by atomic mass is 31.1. The summed E-state index contributed by atoms with van der Waals surface area (Å²) in [5.41, 5.74) is 0. The van der Waals surface area contributed by atoms with Gasteiger partial charge in [0.05, 0.1) is 0 Å². The first-order chi connectivity index (χ1) is 4.62. The SMILES string of the molecule is CCCCC(C)(O)OP=O. The average Bonchev–Trinajstić information content (AvgIpc) is 1.84. The van der Waals surface area contributed by atoms with Gasteiger partial charge in [-0.2, -0.15) is 0 Å². The van der Waals surface area contributed by atoms with E-state index in [1.54, 1.807) is 0 Å². The minimum atomic E-state index is -1.22. The van der Waals surface area contributed by atoms with Crippen molar-refractivity contribution in [2.75, 3.05) is 0 Å². The molecule has 0 saturated heterocycles. The topological polar surface area (TPSA) is 46.5 Å². The Morgan fingerprint density at radius 2 is 2.30 bits per heavy atom. The first kappa shape index (κ1) is 10.0. The van der Waals surface area contributed by atoms with Gasteiger partial charge in [0.15, 0.2) is 5.79 Å². The zero-order valence-electron chi connectivity index (χ0n) is 6.33. The quantitative estimate of drug-likeness (QED) is 0.500. The molecule has 4 heteroatoms. The molecule has 0 rings (SSSR count). The molecular weight excluding hydrogens is 151 g/mol. The van der Waals surface area contributed by atoms with Crippen LogP contribution in [0.2, 0.25) is 0 Å². The van der Waals surface area contributed by atoms with E-state index < -0.39 is 14.5 Å². The second kappa shape index (κ2) is 4.78. The predicted octanol–water partition coefficient (Wildman–Crippen LogP) is 2.11. The highest BCUT2D eigenvalue weighted by Crippen LogP contribution is 2.19. The second-order valence-electron chi connectivity index (χ2n) is 2.44. The van der Waals surface area contributed by atoms with Crippen LogP contribution in [0.4, 0.5) is 0 Å². The van der Waals surface area contributed by atoms with Gasteiger partial charge in [-0.3, -0.25) is 4.52 Å². The van der Waals surface area contributed by atoms with Crippen molar-refractivity contribution in [3.8, 4) is 0 Å². The molecule has 1 N–H and O–H groups in total. The van der Waals surface area contributed by atoms with Gasteiger partial charge >= 0.3 is 8.69 Å². The maximum Gasteiger partial charge on any atom is 0.330 e. The predicted molar refractivity (Wildman–Crippen MR) is 38.8 cm³/mol. The molecule has 0 heterocycles. The van der Waals surface area contributed by atoms with Crippen LogP contribution in [0.3, 0.4) is 0 Å². The van der Waals surface area contributed by atoms with Crippen LogP contribution in [-0.2, 0) is 9.09 Å². The summed E-state index contributed by atoms with van der Waals surface area (Å²) >= 11 is 0. The molecule has 0 saturated carbocycles. The monoisotopic (exact) mass is 164 g/mol. The van der Waals surface area contributed by atoms with Crippen molar-refractivity contribution >= 4 is 8.69 Å². The molecule has 0 spiro atoms. The number of unbranched alkanes of at least 4 members (excludes halogenated alkanes) is 1. The Morgan fingerprint density at radius 3 is 2.70 bits per heavy atom. The highest BCUT2D eigenvalue weighted by Gasteiger charge is 2.19. The summed E-state index contributed by atoms with van der Waals surface area (Å²) in [7, 11) is -0.460. The number of rotatable bonds is 5. The van der Waals surface area contributed by atoms with Crippen molar-refractivity contribution in [2.45, 2.75) is 38.9 Å². The van der Waals surface area contributed by atoms with E-state index in [-0.39, 0.29) is 0 Å². The molecule has 1 unspecified atom stereocenters. The van der Waals surface area contributed by atoms with Gasteiger partial charge in [-0.05, 0) is 13.3 Å². The maximum absolute atomic E-state index is 9.90. The maximum atomic E-state index is 9.90. The third kappa shape index (κ3) is 4.86. The van der Waals surface area contributed by atoms with Crippen molar-refractivity contribution in [3.63, 3.8) is 0 Å². The Bertz CT molecular complexity index is 103. The first-order valence-electron chi connectivity index (χ1n) is 3.35. The summed E-state index contributed by atoms with van der Waals surface area (Å²) in [4.78, 5) is 0. The van der Waals surface area contributed by atoms with E-state index in [4.69, 9.17) is 0 Å². The van der Waals surface area contributed by atoms with E-state index >= 15 is 0 Å². The normalized spacial score (nSPS) is 17.1. The summed E-state index contributed by atoms with van der Waals surface area (Å²) in [5, 5.41) is 9.22. The highest BCUT2D eigenvalue weighted by molar-refractivity contribution is 7.17. The van der Waals surface area contributed by atoms with E-state index in [2.05, 4.69) is 4.52 Å². The molecule has 0 aliphatic rings. The summed E-state index contributed by atoms with van der Waals surface area (Å²) in [6, 6.07) is 0. The van der Waals surface area contributed by atoms with Gasteiger partial charge in [0.25, 0.3) is 0 Å². The lowest BCUT2D eigenvalue weighted by Crippen LogP contribution is -2.23. The summed E-state index contributed by atoms with van der Waals surface area (Å²) in [6.07, 6.45) is 2.40.